The van der Waals surface area contributed by atoms with E-state index in [2.05, 4.69) is 0 Å². The van der Waals surface area contributed by atoms with Crippen molar-refractivity contribution in [2.75, 3.05) is 6.61 Å². The van der Waals surface area contributed by atoms with Crippen LogP contribution >= 0.6 is 11.6 Å². The number of allylic oxidation sites excluding steroid dienone is 1. The molecule has 1 nitrogen and oxygen atoms in total. The van der Waals surface area contributed by atoms with Crippen molar-refractivity contribution in [3.05, 3.63) is 40.9 Å². The van der Waals surface area contributed by atoms with Crippen LogP contribution in [0.4, 0.5) is 8.78 Å². The maximum atomic E-state index is 14.0. The monoisotopic (exact) mass is 328 g/mol. The number of ether oxygens (including phenoxy) is 1. The Morgan fingerprint density at radius 1 is 1.18 bits per heavy atom. The summed E-state index contributed by atoms with van der Waals surface area (Å²) >= 11 is 5.60. The van der Waals surface area contributed by atoms with E-state index in [1.165, 1.54) is 0 Å². The predicted octanol–water partition coefficient (Wildman–Crippen LogP) is 5.86. The quantitative estimate of drug-likeness (QED) is 0.636. The first-order valence-corrected chi connectivity index (χ1v) is 8.45. The lowest BCUT2D eigenvalue weighted by molar-refractivity contribution is 0.188. The Kier molecular flexibility index (Phi) is 6.69. The van der Waals surface area contributed by atoms with Gasteiger partial charge < -0.3 is 4.74 Å². The Morgan fingerprint density at radius 2 is 1.91 bits per heavy atom. The number of hydrogen-bond acceptors (Lipinski definition) is 1. The number of aryl methyl sites for hydroxylation is 1. The van der Waals surface area contributed by atoms with Crippen molar-refractivity contribution in [2.24, 2.45) is 11.8 Å². The molecule has 22 heavy (non-hydrogen) atoms. The van der Waals surface area contributed by atoms with Crippen LogP contribution in [0.3, 0.4) is 0 Å². The Bertz CT molecular complexity index is 508. The standard InChI is InChI=1S/C18H23ClF2O/c1-2-3-15-8-9-16(18(21)17(15)20)22-12-14-6-4-13(5-7-14)10-11-19/h8-11,13-14H,2-7,12H2,1H3. The van der Waals surface area contributed by atoms with Gasteiger partial charge in [-0.15, -0.1) is 0 Å². The van der Waals surface area contributed by atoms with E-state index < -0.39 is 11.6 Å². The van der Waals surface area contributed by atoms with Crippen molar-refractivity contribution < 1.29 is 13.5 Å². The van der Waals surface area contributed by atoms with Gasteiger partial charge in [-0.05, 0) is 55.6 Å². The van der Waals surface area contributed by atoms with Crippen molar-refractivity contribution in [2.45, 2.75) is 45.4 Å². The lowest BCUT2D eigenvalue weighted by Gasteiger charge is -2.26. The van der Waals surface area contributed by atoms with Gasteiger partial charge in [0, 0.05) is 5.54 Å². The maximum absolute atomic E-state index is 14.0. The molecule has 1 aliphatic carbocycles. The van der Waals surface area contributed by atoms with Crippen LogP contribution in [-0.4, -0.2) is 6.61 Å². The zero-order valence-electron chi connectivity index (χ0n) is 13.0. The molecular formula is C18H23ClF2O. The molecule has 0 heterocycles. The molecule has 0 unspecified atom stereocenters. The highest BCUT2D eigenvalue weighted by atomic mass is 35.5. The average molecular weight is 329 g/mol. The highest BCUT2D eigenvalue weighted by Gasteiger charge is 2.21. The molecule has 0 aliphatic heterocycles. The molecule has 0 radical (unpaired) electrons. The molecule has 4 heteroatoms. The molecule has 0 spiro atoms. The van der Waals surface area contributed by atoms with Gasteiger partial charge in [-0.3, -0.25) is 0 Å². The minimum Gasteiger partial charge on any atom is -0.490 e. The first-order chi connectivity index (χ1) is 10.7. The second-order valence-corrected chi connectivity index (χ2v) is 6.26. The van der Waals surface area contributed by atoms with Crippen LogP contribution in [0.2, 0.25) is 0 Å². The van der Waals surface area contributed by atoms with Crippen LogP contribution in [0.1, 0.15) is 44.6 Å². The molecule has 0 saturated heterocycles. The first kappa shape index (κ1) is 17.3. The van der Waals surface area contributed by atoms with Crippen LogP contribution in [0.15, 0.2) is 23.7 Å². The summed E-state index contributed by atoms with van der Waals surface area (Å²) in [5.74, 6) is -0.658. The minimum atomic E-state index is -0.857. The zero-order chi connectivity index (χ0) is 15.9. The molecular weight excluding hydrogens is 306 g/mol. The molecule has 1 aromatic rings. The van der Waals surface area contributed by atoms with Crippen LogP contribution in [0.25, 0.3) is 0 Å². The Balaban J connectivity index is 1.88. The lowest BCUT2D eigenvalue weighted by Crippen LogP contribution is -2.19. The lowest BCUT2D eigenvalue weighted by atomic mass is 9.82. The molecule has 1 aromatic carbocycles. The summed E-state index contributed by atoms with van der Waals surface area (Å²) in [7, 11) is 0. The highest BCUT2D eigenvalue weighted by Crippen LogP contribution is 2.31. The Hall–Kier alpha value is -1.09. The number of hydrogen-bond donors (Lipinski definition) is 0. The van der Waals surface area contributed by atoms with Crippen LogP contribution in [0, 0.1) is 23.5 Å². The third-order valence-electron chi connectivity index (χ3n) is 4.36. The van der Waals surface area contributed by atoms with E-state index in [1.807, 2.05) is 13.0 Å². The van der Waals surface area contributed by atoms with Gasteiger partial charge in [0.25, 0.3) is 0 Å². The van der Waals surface area contributed by atoms with E-state index >= 15 is 0 Å². The van der Waals surface area contributed by atoms with Gasteiger partial charge in [-0.2, -0.15) is 4.39 Å². The number of rotatable bonds is 6. The number of halogens is 3. The average Bonchev–Trinajstić information content (AvgIpc) is 2.53. The van der Waals surface area contributed by atoms with Crippen molar-refractivity contribution in [3.8, 4) is 5.75 Å². The van der Waals surface area contributed by atoms with E-state index in [1.54, 1.807) is 17.7 Å². The normalized spacial score (nSPS) is 22.2. The van der Waals surface area contributed by atoms with Gasteiger partial charge in [0.05, 0.1) is 6.61 Å². The third-order valence-corrected chi connectivity index (χ3v) is 4.50. The minimum absolute atomic E-state index is 0.0279. The van der Waals surface area contributed by atoms with Gasteiger partial charge in [0.2, 0.25) is 5.82 Å². The van der Waals surface area contributed by atoms with Gasteiger partial charge in [0.1, 0.15) is 0 Å². The zero-order valence-corrected chi connectivity index (χ0v) is 13.7. The van der Waals surface area contributed by atoms with E-state index in [4.69, 9.17) is 16.3 Å². The maximum Gasteiger partial charge on any atom is 0.200 e. The number of benzene rings is 1. The largest absolute Gasteiger partial charge is 0.490 e. The summed E-state index contributed by atoms with van der Waals surface area (Å²) < 4.78 is 33.4. The summed E-state index contributed by atoms with van der Waals surface area (Å²) in [6.45, 7) is 2.39. The van der Waals surface area contributed by atoms with Crippen molar-refractivity contribution in [1.82, 2.24) is 0 Å². The molecule has 1 fully saturated rings. The molecule has 1 saturated carbocycles. The fraction of sp³-hybridized carbons (Fsp3) is 0.556. The Labute approximate surface area is 136 Å². The summed E-state index contributed by atoms with van der Waals surface area (Å²) in [4.78, 5) is 0. The van der Waals surface area contributed by atoms with Crippen molar-refractivity contribution >= 4 is 11.6 Å². The third kappa shape index (κ3) is 4.45. The van der Waals surface area contributed by atoms with E-state index in [9.17, 15) is 8.78 Å². The highest BCUT2D eigenvalue weighted by molar-refractivity contribution is 6.25. The summed E-state index contributed by atoms with van der Waals surface area (Å²) in [6, 6.07) is 3.17. The SMILES string of the molecule is CCCc1ccc(OCC2CCC(C=CCl)CC2)c(F)c1F. The van der Waals surface area contributed by atoms with Crippen molar-refractivity contribution in [3.63, 3.8) is 0 Å². The molecule has 122 valence electrons. The second-order valence-electron chi connectivity index (χ2n) is 6.01. The van der Waals surface area contributed by atoms with Gasteiger partial charge in [-0.1, -0.05) is 37.1 Å². The van der Waals surface area contributed by atoms with Crippen molar-refractivity contribution in [1.29, 1.82) is 0 Å². The fourth-order valence-electron chi connectivity index (χ4n) is 3.00. The first-order valence-electron chi connectivity index (χ1n) is 8.02. The molecule has 0 amide bonds. The van der Waals surface area contributed by atoms with Crippen LogP contribution in [0.5, 0.6) is 5.75 Å². The molecule has 0 atom stereocenters. The van der Waals surface area contributed by atoms with Gasteiger partial charge >= 0.3 is 0 Å². The summed E-state index contributed by atoms with van der Waals surface area (Å²) in [5, 5.41) is 0. The molecule has 1 aliphatic rings. The molecule has 2 rings (SSSR count). The molecule has 0 bridgehead atoms. The fourth-order valence-corrected chi connectivity index (χ4v) is 3.21. The van der Waals surface area contributed by atoms with Gasteiger partial charge in [-0.25, -0.2) is 4.39 Å². The van der Waals surface area contributed by atoms with E-state index in [0.29, 0.717) is 30.4 Å². The van der Waals surface area contributed by atoms with Gasteiger partial charge in [0.15, 0.2) is 11.6 Å². The topological polar surface area (TPSA) is 9.23 Å². The summed E-state index contributed by atoms with van der Waals surface area (Å²) in [6.07, 6.45) is 7.57. The molecule has 0 N–H and O–H groups in total. The predicted molar refractivity (Wildman–Crippen MR) is 86.3 cm³/mol. The Morgan fingerprint density at radius 3 is 2.55 bits per heavy atom. The van der Waals surface area contributed by atoms with E-state index in [-0.39, 0.29) is 5.75 Å². The molecule has 0 aromatic heterocycles. The second kappa shape index (κ2) is 8.52. The van der Waals surface area contributed by atoms with E-state index in [0.717, 1.165) is 32.1 Å². The van der Waals surface area contributed by atoms with Crippen LogP contribution < -0.4 is 4.74 Å². The van der Waals surface area contributed by atoms with Crippen LogP contribution in [-0.2, 0) is 6.42 Å². The summed E-state index contributed by atoms with van der Waals surface area (Å²) in [5.41, 5.74) is 2.00. The smallest absolute Gasteiger partial charge is 0.200 e.